The van der Waals surface area contributed by atoms with Crippen molar-refractivity contribution in [2.45, 2.75) is 18.9 Å². The fourth-order valence-corrected chi connectivity index (χ4v) is 3.84. The molecule has 9 nitrogen and oxygen atoms in total. The van der Waals surface area contributed by atoms with Crippen LogP contribution in [0.1, 0.15) is 23.3 Å². The van der Waals surface area contributed by atoms with E-state index in [1.54, 1.807) is 6.33 Å². The quantitative estimate of drug-likeness (QED) is 0.518. The molecule has 152 valence electrons. The number of halogens is 1. The standard InChI is InChI=1S/C20H17FN6O3/c21-11-3-4-14-13(6-11)16(7-15(26-14)20(28)29)30-8-12-2-1-5-27(12)19-17-18(23-9-22-17)24-10-25-19/h3-4,6-7,9-10,12H,1-2,5,8H2,(H,28,29)(H,22,23,24,25)/t12-/m1/s1. The number of carbonyl (C=O) groups is 1. The molecule has 0 radical (unpaired) electrons. The number of ether oxygens (including phenoxy) is 1. The van der Waals surface area contributed by atoms with Crippen molar-refractivity contribution in [2.24, 2.45) is 0 Å². The Balaban J connectivity index is 1.45. The molecule has 1 fully saturated rings. The third-order valence-corrected chi connectivity index (χ3v) is 5.24. The van der Waals surface area contributed by atoms with E-state index in [1.807, 2.05) is 0 Å². The summed E-state index contributed by atoms with van der Waals surface area (Å²) in [4.78, 5) is 33.4. The van der Waals surface area contributed by atoms with Crippen LogP contribution in [-0.2, 0) is 0 Å². The molecule has 2 N–H and O–H groups in total. The van der Waals surface area contributed by atoms with Gasteiger partial charge in [0.1, 0.15) is 30.0 Å². The van der Waals surface area contributed by atoms with Gasteiger partial charge in [-0.3, -0.25) is 0 Å². The van der Waals surface area contributed by atoms with E-state index in [-0.39, 0.29) is 24.1 Å². The topological polar surface area (TPSA) is 117 Å². The minimum atomic E-state index is -1.17. The van der Waals surface area contributed by atoms with Gasteiger partial charge in [-0.25, -0.2) is 29.1 Å². The third kappa shape index (κ3) is 3.15. The number of rotatable bonds is 5. The van der Waals surface area contributed by atoms with Crippen LogP contribution in [0.15, 0.2) is 36.9 Å². The first-order chi connectivity index (χ1) is 14.6. The Morgan fingerprint density at radius 3 is 3.07 bits per heavy atom. The maximum atomic E-state index is 13.8. The van der Waals surface area contributed by atoms with E-state index < -0.39 is 11.8 Å². The summed E-state index contributed by atoms with van der Waals surface area (Å²) in [6.45, 7) is 1.08. The number of hydrogen-bond donors (Lipinski definition) is 2. The normalized spacial score (nSPS) is 16.4. The molecule has 0 aliphatic carbocycles. The Bertz CT molecular complexity index is 1260. The average Bonchev–Trinajstić information content (AvgIpc) is 3.41. The van der Waals surface area contributed by atoms with Crippen molar-refractivity contribution < 1.29 is 19.0 Å². The summed E-state index contributed by atoms with van der Waals surface area (Å²) in [5, 5.41) is 9.78. The molecular formula is C20H17FN6O3. The zero-order valence-corrected chi connectivity index (χ0v) is 15.7. The summed E-state index contributed by atoms with van der Waals surface area (Å²) < 4.78 is 19.8. The highest BCUT2D eigenvalue weighted by atomic mass is 19.1. The van der Waals surface area contributed by atoms with E-state index in [2.05, 4.69) is 29.8 Å². The number of nitrogens with one attached hydrogen (secondary N) is 1. The molecule has 1 saturated heterocycles. The van der Waals surface area contributed by atoms with Gasteiger partial charge in [-0.15, -0.1) is 0 Å². The first-order valence-corrected chi connectivity index (χ1v) is 9.47. The van der Waals surface area contributed by atoms with Crippen LogP contribution in [0.5, 0.6) is 5.75 Å². The maximum Gasteiger partial charge on any atom is 0.354 e. The van der Waals surface area contributed by atoms with Gasteiger partial charge in [-0.1, -0.05) is 0 Å². The molecule has 4 heterocycles. The number of nitrogens with zero attached hydrogens (tertiary/aromatic N) is 5. The zero-order chi connectivity index (χ0) is 20.7. The third-order valence-electron chi connectivity index (χ3n) is 5.24. The SMILES string of the molecule is O=C(O)c1cc(OC[C@H]2CCCN2c2ncnc3nc[nH]c23)c2cc(F)ccc2n1. The molecule has 0 spiro atoms. The van der Waals surface area contributed by atoms with Crippen molar-refractivity contribution in [3.05, 3.63) is 48.4 Å². The fraction of sp³-hybridized carbons (Fsp3) is 0.250. The Hall–Kier alpha value is -3.82. The summed E-state index contributed by atoms with van der Waals surface area (Å²) in [7, 11) is 0. The highest BCUT2D eigenvalue weighted by Gasteiger charge is 2.28. The number of carboxylic acid groups (broad SMARTS) is 1. The minimum absolute atomic E-state index is 0.0106. The molecule has 1 aromatic carbocycles. The summed E-state index contributed by atoms with van der Waals surface area (Å²) in [5.74, 6) is -0.572. The predicted octanol–water partition coefficient (Wildman–Crippen LogP) is 2.79. The smallest absolute Gasteiger partial charge is 0.354 e. The van der Waals surface area contributed by atoms with E-state index >= 15 is 0 Å². The Morgan fingerprint density at radius 1 is 1.30 bits per heavy atom. The van der Waals surface area contributed by atoms with E-state index in [0.717, 1.165) is 30.7 Å². The second-order valence-electron chi connectivity index (χ2n) is 7.07. The molecule has 30 heavy (non-hydrogen) atoms. The number of aromatic nitrogens is 5. The fourth-order valence-electron chi connectivity index (χ4n) is 3.84. The van der Waals surface area contributed by atoms with Crippen LogP contribution in [-0.4, -0.2) is 55.2 Å². The van der Waals surface area contributed by atoms with Crippen molar-refractivity contribution in [3.8, 4) is 5.75 Å². The molecule has 0 saturated carbocycles. The molecule has 1 atom stereocenters. The Kier molecular flexibility index (Phi) is 4.38. The van der Waals surface area contributed by atoms with Crippen molar-refractivity contribution in [1.29, 1.82) is 0 Å². The summed E-state index contributed by atoms with van der Waals surface area (Å²) >= 11 is 0. The van der Waals surface area contributed by atoms with Crippen molar-refractivity contribution in [3.63, 3.8) is 0 Å². The largest absolute Gasteiger partial charge is 0.491 e. The van der Waals surface area contributed by atoms with Gasteiger partial charge < -0.3 is 19.7 Å². The number of H-pyrrole nitrogens is 1. The Morgan fingerprint density at radius 2 is 2.20 bits per heavy atom. The molecule has 1 aliphatic heterocycles. The number of pyridine rings is 1. The van der Waals surface area contributed by atoms with Crippen molar-refractivity contribution in [2.75, 3.05) is 18.1 Å². The van der Waals surface area contributed by atoms with E-state index in [4.69, 9.17) is 4.74 Å². The summed E-state index contributed by atoms with van der Waals surface area (Å²) in [5.41, 5.74) is 1.56. The Labute approximate surface area is 169 Å². The van der Waals surface area contributed by atoms with Crippen LogP contribution < -0.4 is 9.64 Å². The number of aromatic carboxylic acids is 1. The number of carboxylic acids is 1. The summed E-state index contributed by atoms with van der Waals surface area (Å²) in [6.07, 6.45) is 4.89. The number of aromatic amines is 1. The van der Waals surface area contributed by atoms with Gasteiger partial charge in [-0.05, 0) is 31.0 Å². The van der Waals surface area contributed by atoms with Crippen LogP contribution in [0.2, 0.25) is 0 Å². The average molecular weight is 408 g/mol. The van der Waals surface area contributed by atoms with Crippen LogP contribution in [0.3, 0.4) is 0 Å². The molecule has 5 rings (SSSR count). The number of fused-ring (bicyclic) bond motifs is 2. The van der Waals surface area contributed by atoms with Gasteiger partial charge in [0.05, 0.1) is 17.9 Å². The van der Waals surface area contributed by atoms with Gasteiger partial charge >= 0.3 is 5.97 Å². The highest BCUT2D eigenvalue weighted by Crippen LogP contribution is 2.30. The van der Waals surface area contributed by atoms with Gasteiger partial charge in [0.15, 0.2) is 17.2 Å². The molecule has 0 amide bonds. The van der Waals surface area contributed by atoms with Gasteiger partial charge in [0, 0.05) is 18.0 Å². The van der Waals surface area contributed by atoms with Gasteiger partial charge in [0.2, 0.25) is 0 Å². The van der Waals surface area contributed by atoms with Crippen LogP contribution in [0.25, 0.3) is 22.1 Å². The van der Waals surface area contributed by atoms with Gasteiger partial charge in [0.25, 0.3) is 0 Å². The lowest BCUT2D eigenvalue weighted by molar-refractivity contribution is 0.0690. The van der Waals surface area contributed by atoms with E-state index in [0.29, 0.717) is 16.6 Å². The number of benzene rings is 1. The van der Waals surface area contributed by atoms with Crippen molar-refractivity contribution in [1.82, 2.24) is 24.9 Å². The number of anilines is 1. The minimum Gasteiger partial charge on any atom is -0.491 e. The molecule has 10 heteroatoms. The highest BCUT2D eigenvalue weighted by molar-refractivity contribution is 5.93. The molecule has 3 aromatic heterocycles. The first kappa shape index (κ1) is 18.2. The number of imidazole rings is 1. The zero-order valence-electron chi connectivity index (χ0n) is 15.7. The maximum absolute atomic E-state index is 13.8. The van der Waals surface area contributed by atoms with Crippen molar-refractivity contribution >= 4 is 33.9 Å². The van der Waals surface area contributed by atoms with E-state index in [9.17, 15) is 14.3 Å². The number of hydrogen-bond acceptors (Lipinski definition) is 7. The molecule has 0 bridgehead atoms. The van der Waals surface area contributed by atoms with Crippen LogP contribution in [0, 0.1) is 5.82 Å². The van der Waals surface area contributed by atoms with Crippen LogP contribution in [0.4, 0.5) is 10.2 Å². The van der Waals surface area contributed by atoms with Gasteiger partial charge in [-0.2, -0.15) is 0 Å². The molecule has 1 aliphatic rings. The molecule has 0 unspecified atom stereocenters. The first-order valence-electron chi connectivity index (χ1n) is 9.47. The molecule has 4 aromatic rings. The second kappa shape index (κ2) is 7.21. The lowest BCUT2D eigenvalue weighted by Crippen LogP contribution is -2.35. The molecular weight excluding hydrogens is 391 g/mol. The van der Waals surface area contributed by atoms with Crippen LogP contribution >= 0.6 is 0 Å². The lowest BCUT2D eigenvalue weighted by atomic mass is 10.1. The second-order valence-corrected chi connectivity index (χ2v) is 7.07. The monoisotopic (exact) mass is 408 g/mol. The van der Waals surface area contributed by atoms with E-state index in [1.165, 1.54) is 30.6 Å². The predicted molar refractivity (Wildman–Crippen MR) is 106 cm³/mol. The lowest BCUT2D eigenvalue weighted by Gasteiger charge is -2.26. The summed E-state index contributed by atoms with van der Waals surface area (Å²) in [6, 6.07) is 5.34.